The maximum Gasteiger partial charge on any atom is 0.254 e. The van der Waals surface area contributed by atoms with Crippen LogP contribution in [-0.2, 0) is 4.79 Å². The lowest BCUT2D eigenvalue weighted by molar-refractivity contribution is -0.139. The molecular weight excluding hydrogens is 346 g/mol. The molecule has 27 heavy (non-hydrogen) atoms. The number of piperazine rings is 1. The Bertz CT molecular complexity index is 664. The van der Waals surface area contributed by atoms with Crippen molar-refractivity contribution in [2.75, 3.05) is 46.9 Å². The number of amides is 2. The molecule has 7 heteroatoms. The number of carbonyl (C=O) groups excluding carboxylic acids is 2. The molecule has 1 aromatic carbocycles. The lowest BCUT2D eigenvalue weighted by Gasteiger charge is -2.39. The van der Waals surface area contributed by atoms with E-state index in [0.717, 1.165) is 19.6 Å². The van der Waals surface area contributed by atoms with Gasteiger partial charge in [0.05, 0.1) is 14.2 Å². The minimum absolute atomic E-state index is 0.00875. The molecule has 0 aliphatic carbocycles. The Balaban J connectivity index is 1.62. The van der Waals surface area contributed by atoms with Gasteiger partial charge >= 0.3 is 0 Å². The van der Waals surface area contributed by atoms with Crippen molar-refractivity contribution in [1.82, 2.24) is 15.1 Å². The van der Waals surface area contributed by atoms with Crippen molar-refractivity contribution >= 4 is 11.8 Å². The van der Waals surface area contributed by atoms with Crippen LogP contribution in [0.2, 0.25) is 0 Å². The number of piperidine rings is 1. The molecule has 1 aromatic rings. The molecule has 2 saturated heterocycles. The fourth-order valence-corrected chi connectivity index (χ4v) is 3.85. The Labute approximate surface area is 160 Å². The van der Waals surface area contributed by atoms with Crippen LogP contribution in [0.3, 0.4) is 0 Å². The summed E-state index contributed by atoms with van der Waals surface area (Å²) in [5.74, 6) is 1.38. The maximum absolute atomic E-state index is 12.9. The van der Waals surface area contributed by atoms with Gasteiger partial charge in [0, 0.05) is 56.3 Å². The molecule has 0 radical (unpaired) electrons. The predicted octanol–water partition coefficient (Wildman–Crippen LogP) is 1.38. The van der Waals surface area contributed by atoms with Crippen molar-refractivity contribution < 1.29 is 19.1 Å². The number of hydrogen-bond acceptors (Lipinski definition) is 5. The van der Waals surface area contributed by atoms with Gasteiger partial charge < -0.3 is 24.6 Å². The van der Waals surface area contributed by atoms with Crippen LogP contribution in [0.4, 0.5) is 0 Å². The molecule has 0 unspecified atom stereocenters. The molecule has 0 saturated carbocycles. The second-order valence-corrected chi connectivity index (χ2v) is 7.25. The molecule has 7 nitrogen and oxygen atoms in total. The van der Waals surface area contributed by atoms with Crippen molar-refractivity contribution in [1.29, 1.82) is 0 Å². The molecule has 2 aliphatic rings. The molecule has 1 N–H and O–H groups in total. The standard InChI is InChI=1S/C20H29N3O4/c1-14-13-21-6-9-23(14)20(25)15-4-7-22(8-5-15)19(24)16-10-17(26-2)12-18(11-16)27-3/h10-12,14-15,21H,4-9,13H2,1-3H3/t14-/m0/s1. The molecular formula is C20H29N3O4. The van der Waals surface area contributed by atoms with Crippen molar-refractivity contribution in [2.45, 2.75) is 25.8 Å². The average molecular weight is 375 g/mol. The van der Waals surface area contributed by atoms with Gasteiger partial charge in [0.2, 0.25) is 5.91 Å². The van der Waals surface area contributed by atoms with E-state index in [9.17, 15) is 9.59 Å². The summed E-state index contributed by atoms with van der Waals surface area (Å²) >= 11 is 0. The zero-order chi connectivity index (χ0) is 19.4. The topological polar surface area (TPSA) is 71.1 Å². The highest BCUT2D eigenvalue weighted by Gasteiger charge is 2.33. The summed E-state index contributed by atoms with van der Waals surface area (Å²) in [6.07, 6.45) is 1.42. The van der Waals surface area contributed by atoms with Crippen LogP contribution in [0.5, 0.6) is 11.5 Å². The smallest absolute Gasteiger partial charge is 0.254 e. The number of rotatable bonds is 4. The number of ether oxygens (including phenoxy) is 2. The number of hydrogen-bond donors (Lipinski definition) is 1. The number of nitrogens with zero attached hydrogens (tertiary/aromatic N) is 2. The summed E-state index contributed by atoms with van der Waals surface area (Å²) in [4.78, 5) is 29.5. The summed E-state index contributed by atoms with van der Waals surface area (Å²) in [6.45, 7) is 5.73. The summed E-state index contributed by atoms with van der Waals surface area (Å²) in [6, 6.07) is 5.43. The Morgan fingerprint density at radius 2 is 1.67 bits per heavy atom. The van der Waals surface area contributed by atoms with Crippen LogP contribution in [0.15, 0.2) is 18.2 Å². The number of nitrogens with one attached hydrogen (secondary N) is 1. The van der Waals surface area contributed by atoms with Crippen LogP contribution >= 0.6 is 0 Å². The third-order valence-electron chi connectivity index (χ3n) is 5.51. The molecule has 2 aliphatic heterocycles. The van der Waals surface area contributed by atoms with Gasteiger partial charge in [0.1, 0.15) is 11.5 Å². The van der Waals surface area contributed by atoms with E-state index in [1.54, 1.807) is 32.4 Å². The van der Waals surface area contributed by atoms with Gasteiger partial charge in [-0.3, -0.25) is 9.59 Å². The second-order valence-electron chi connectivity index (χ2n) is 7.25. The molecule has 2 fully saturated rings. The van der Waals surface area contributed by atoms with E-state index in [4.69, 9.17) is 9.47 Å². The summed E-state index contributed by atoms with van der Waals surface area (Å²) in [5.41, 5.74) is 0.548. The van der Waals surface area contributed by atoms with Crippen LogP contribution in [-0.4, -0.2) is 74.6 Å². The van der Waals surface area contributed by atoms with E-state index in [0.29, 0.717) is 43.0 Å². The minimum atomic E-state index is -0.0476. The lowest BCUT2D eigenvalue weighted by atomic mass is 9.94. The van der Waals surface area contributed by atoms with Gasteiger partial charge in [-0.2, -0.15) is 0 Å². The molecule has 3 rings (SSSR count). The van der Waals surface area contributed by atoms with E-state index in [1.165, 1.54) is 0 Å². The molecule has 1 atom stereocenters. The third-order valence-corrected chi connectivity index (χ3v) is 5.51. The quantitative estimate of drug-likeness (QED) is 0.861. The number of methoxy groups -OCH3 is 2. The first-order valence-electron chi connectivity index (χ1n) is 9.57. The summed E-state index contributed by atoms with van der Waals surface area (Å²) in [7, 11) is 3.13. The summed E-state index contributed by atoms with van der Waals surface area (Å²) in [5, 5.41) is 3.31. The van der Waals surface area contributed by atoms with E-state index in [1.807, 2.05) is 9.80 Å². The van der Waals surface area contributed by atoms with Gasteiger partial charge in [-0.05, 0) is 31.9 Å². The minimum Gasteiger partial charge on any atom is -0.497 e. The van der Waals surface area contributed by atoms with Crippen LogP contribution in [0.1, 0.15) is 30.1 Å². The van der Waals surface area contributed by atoms with E-state index in [2.05, 4.69) is 12.2 Å². The first-order valence-corrected chi connectivity index (χ1v) is 9.57. The van der Waals surface area contributed by atoms with Crippen molar-refractivity contribution in [3.05, 3.63) is 23.8 Å². The van der Waals surface area contributed by atoms with Crippen molar-refractivity contribution in [3.63, 3.8) is 0 Å². The molecule has 0 spiro atoms. The maximum atomic E-state index is 12.9. The van der Waals surface area contributed by atoms with Gasteiger partial charge in [-0.25, -0.2) is 0 Å². The van der Waals surface area contributed by atoms with Crippen molar-refractivity contribution in [3.8, 4) is 11.5 Å². The monoisotopic (exact) mass is 375 g/mol. The number of carbonyl (C=O) groups is 2. The first-order chi connectivity index (χ1) is 13.0. The molecule has 2 amide bonds. The zero-order valence-electron chi connectivity index (χ0n) is 16.4. The summed E-state index contributed by atoms with van der Waals surface area (Å²) < 4.78 is 10.5. The van der Waals surface area contributed by atoms with Gasteiger partial charge in [0.25, 0.3) is 5.91 Å². The fourth-order valence-electron chi connectivity index (χ4n) is 3.85. The van der Waals surface area contributed by atoms with Gasteiger partial charge in [-0.1, -0.05) is 0 Å². The molecule has 2 heterocycles. The number of benzene rings is 1. The predicted molar refractivity (Wildman–Crippen MR) is 102 cm³/mol. The Morgan fingerprint density at radius 1 is 1.04 bits per heavy atom. The van der Waals surface area contributed by atoms with Crippen LogP contribution in [0, 0.1) is 5.92 Å². The van der Waals surface area contributed by atoms with Gasteiger partial charge in [0.15, 0.2) is 0 Å². The highest BCUT2D eigenvalue weighted by Crippen LogP contribution is 2.26. The Hall–Kier alpha value is -2.28. The number of likely N-dealkylation sites (tertiary alicyclic amines) is 1. The Morgan fingerprint density at radius 3 is 2.22 bits per heavy atom. The lowest BCUT2D eigenvalue weighted by Crippen LogP contribution is -2.55. The molecule has 0 aromatic heterocycles. The normalized spacial score (nSPS) is 21.1. The average Bonchev–Trinajstić information content (AvgIpc) is 2.72. The molecule has 0 bridgehead atoms. The second kappa shape index (κ2) is 8.61. The molecule has 148 valence electrons. The highest BCUT2D eigenvalue weighted by molar-refractivity contribution is 5.95. The first kappa shape index (κ1) is 19.5. The highest BCUT2D eigenvalue weighted by atomic mass is 16.5. The third kappa shape index (κ3) is 4.35. The van der Waals surface area contributed by atoms with Crippen molar-refractivity contribution in [2.24, 2.45) is 5.92 Å². The van der Waals surface area contributed by atoms with Gasteiger partial charge in [-0.15, -0.1) is 0 Å². The van der Waals surface area contributed by atoms with E-state index >= 15 is 0 Å². The van der Waals surface area contributed by atoms with E-state index in [-0.39, 0.29) is 23.8 Å². The zero-order valence-corrected chi connectivity index (χ0v) is 16.4. The SMILES string of the molecule is COc1cc(OC)cc(C(=O)N2CCC(C(=O)N3CCNC[C@@H]3C)CC2)c1. The Kier molecular flexibility index (Phi) is 6.21. The fraction of sp³-hybridized carbons (Fsp3) is 0.600. The van der Waals surface area contributed by atoms with Crippen LogP contribution < -0.4 is 14.8 Å². The largest absolute Gasteiger partial charge is 0.497 e. The van der Waals surface area contributed by atoms with Crippen LogP contribution in [0.25, 0.3) is 0 Å². The van der Waals surface area contributed by atoms with E-state index < -0.39 is 0 Å².